The summed E-state index contributed by atoms with van der Waals surface area (Å²) < 4.78 is 19.0. The number of hydrogen-bond acceptors (Lipinski definition) is 4. The topological polar surface area (TPSA) is 87.7 Å². The molecule has 1 heterocycles. The number of hydrogen-bond donors (Lipinski definition) is 2. The van der Waals surface area contributed by atoms with Crippen LogP contribution in [0.15, 0.2) is 72.8 Å². The molecule has 8 heteroatoms. The second-order valence-corrected chi connectivity index (χ2v) is 9.11. The van der Waals surface area contributed by atoms with Crippen molar-refractivity contribution in [2.45, 2.75) is 45.5 Å². The number of nitrogens with one attached hydrogen (secondary N) is 2. The first kappa shape index (κ1) is 24.9. The zero-order chi connectivity index (χ0) is 25.8. The van der Waals surface area contributed by atoms with Gasteiger partial charge in [-0.15, -0.1) is 0 Å². The van der Waals surface area contributed by atoms with Crippen LogP contribution in [0.1, 0.15) is 47.0 Å². The van der Waals surface area contributed by atoms with E-state index in [2.05, 4.69) is 10.6 Å². The standard InChI is InChI=1S/C28H28FN3O4/c1-17(2)30-27(34)24-25(36-28(35)32(24)16-19-6-12-22(29)13-7-19)20-10-14-23(15-11-20)31-26(33)21-8-4-18(3)5-9-21/h4-15,17,24-25H,16H2,1-3H3,(H,30,34)(H,31,33)/t24-,25-/m1/s1. The molecule has 4 rings (SSSR count). The minimum atomic E-state index is -0.919. The summed E-state index contributed by atoms with van der Waals surface area (Å²) in [5.41, 5.74) is 3.45. The van der Waals surface area contributed by atoms with Crippen molar-refractivity contribution in [3.8, 4) is 0 Å². The number of amides is 3. The van der Waals surface area contributed by atoms with Gasteiger partial charge in [-0.25, -0.2) is 9.18 Å². The Labute approximate surface area is 209 Å². The van der Waals surface area contributed by atoms with Gasteiger partial charge in [0.15, 0.2) is 12.1 Å². The number of benzene rings is 3. The summed E-state index contributed by atoms with van der Waals surface area (Å²) in [6.45, 7) is 5.71. The molecule has 2 N–H and O–H groups in total. The van der Waals surface area contributed by atoms with Crippen molar-refractivity contribution in [2.75, 3.05) is 5.32 Å². The minimum Gasteiger partial charge on any atom is -0.438 e. The fourth-order valence-corrected chi connectivity index (χ4v) is 4.03. The quantitative estimate of drug-likeness (QED) is 0.490. The number of cyclic esters (lactones) is 1. The summed E-state index contributed by atoms with van der Waals surface area (Å²) in [6, 6.07) is 18.8. The van der Waals surface area contributed by atoms with Gasteiger partial charge in [-0.2, -0.15) is 0 Å². The molecule has 2 atom stereocenters. The van der Waals surface area contributed by atoms with Gasteiger partial charge >= 0.3 is 6.09 Å². The van der Waals surface area contributed by atoms with Gasteiger partial charge in [-0.3, -0.25) is 14.5 Å². The van der Waals surface area contributed by atoms with Gasteiger partial charge in [0.25, 0.3) is 5.91 Å². The molecule has 0 saturated carbocycles. The molecule has 186 valence electrons. The van der Waals surface area contributed by atoms with Crippen molar-refractivity contribution in [3.05, 3.63) is 101 Å². The van der Waals surface area contributed by atoms with Gasteiger partial charge in [0, 0.05) is 17.3 Å². The maximum Gasteiger partial charge on any atom is 0.411 e. The van der Waals surface area contributed by atoms with Crippen molar-refractivity contribution in [2.24, 2.45) is 0 Å². The van der Waals surface area contributed by atoms with E-state index in [9.17, 15) is 18.8 Å². The molecule has 0 bridgehead atoms. The Balaban J connectivity index is 1.54. The van der Waals surface area contributed by atoms with Crippen LogP contribution in [0, 0.1) is 12.7 Å². The van der Waals surface area contributed by atoms with E-state index in [-0.39, 0.29) is 30.2 Å². The van der Waals surface area contributed by atoms with Crippen LogP contribution in [0.2, 0.25) is 0 Å². The van der Waals surface area contributed by atoms with Crippen molar-refractivity contribution < 1.29 is 23.5 Å². The van der Waals surface area contributed by atoms with Crippen LogP contribution >= 0.6 is 0 Å². The molecule has 1 fully saturated rings. The second-order valence-electron chi connectivity index (χ2n) is 9.11. The third-order valence-electron chi connectivity index (χ3n) is 5.86. The van der Waals surface area contributed by atoms with Crippen LogP contribution in [0.5, 0.6) is 0 Å². The lowest BCUT2D eigenvalue weighted by Gasteiger charge is -2.25. The molecule has 1 aliphatic rings. The fraction of sp³-hybridized carbons (Fsp3) is 0.250. The first-order chi connectivity index (χ1) is 17.2. The highest BCUT2D eigenvalue weighted by molar-refractivity contribution is 6.04. The first-order valence-corrected chi connectivity index (χ1v) is 11.7. The Bertz CT molecular complexity index is 1240. The van der Waals surface area contributed by atoms with E-state index in [4.69, 9.17) is 4.74 Å². The van der Waals surface area contributed by atoms with E-state index in [1.165, 1.54) is 17.0 Å². The Morgan fingerprint density at radius 3 is 2.22 bits per heavy atom. The van der Waals surface area contributed by atoms with E-state index >= 15 is 0 Å². The monoisotopic (exact) mass is 489 g/mol. The van der Waals surface area contributed by atoms with E-state index in [1.807, 2.05) is 32.9 Å². The molecule has 0 radical (unpaired) electrons. The van der Waals surface area contributed by atoms with Crippen molar-refractivity contribution in [3.63, 3.8) is 0 Å². The lowest BCUT2D eigenvalue weighted by Crippen LogP contribution is -2.48. The number of aryl methyl sites for hydroxylation is 1. The maximum absolute atomic E-state index is 13.3. The number of anilines is 1. The summed E-state index contributed by atoms with van der Waals surface area (Å²) in [5.74, 6) is -0.973. The molecule has 1 saturated heterocycles. The molecule has 0 aliphatic carbocycles. The van der Waals surface area contributed by atoms with Gasteiger partial charge in [0.2, 0.25) is 5.91 Å². The molecule has 3 aromatic carbocycles. The van der Waals surface area contributed by atoms with Crippen LogP contribution < -0.4 is 10.6 Å². The van der Waals surface area contributed by atoms with Gasteiger partial charge < -0.3 is 15.4 Å². The van der Waals surface area contributed by atoms with Crippen LogP contribution in [-0.4, -0.2) is 34.9 Å². The third kappa shape index (κ3) is 5.71. The summed E-state index contributed by atoms with van der Waals surface area (Å²) in [6.07, 6.45) is -1.48. The summed E-state index contributed by atoms with van der Waals surface area (Å²) in [7, 11) is 0. The number of rotatable bonds is 7. The van der Waals surface area contributed by atoms with E-state index in [1.54, 1.807) is 48.5 Å². The van der Waals surface area contributed by atoms with Crippen molar-refractivity contribution >= 4 is 23.6 Å². The van der Waals surface area contributed by atoms with Gasteiger partial charge in [0.1, 0.15) is 5.82 Å². The fourth-order valence-electron chi connectivity index (χ4n) is 4.03. The zero-order valence-corrected chi connectivity index (χ0v) is 20.3. The average Bonchev–Trinajstić information content (AvgIpc) is 3.17. The normalized spacial score (nSPS) is 17.1. The van der Waals surface area contributed by atoms with Crippen LogP contribution in [0.4, 0.5) is 14.9 Å². The van der Waals surface area contributed by atoms with Gasteiger partial charge in [-0.05, 0) is 68.3 Å². The van der Waals surface area contributed by atoms with Crippen molar-refractivity contribution in [1.29, 1.82) is 0 Å². The maximum atomic E-state index is 13.3. The molecule has 36 heavy (non-hydrogen) atoms. The highest BCUT2D eigenvalue weighted by atomic mass is 19.1. The van der Waals surface area contributed by atoms with E-state index < -0.39 is 18.2 Å². The molecule has 0 aromatic heterocycles. The van der Waals surface area contributed by atoms with Crippen LogP contribution in [-0.2, 0) is 16.1 Å². The minimum absolute atomic E-state index is 0.0937. The Morgan fingerprint density at radius 1 is 0.972 bits per heavy atom. The molecule has 3 aromatic rings. The third-order valence-corrected chi connectivity index (χ3v) is 5.86. The summed E-state index contributed by atoms with van der Waals surface area (Å²) >= 11 is 0. The average molecular weight is 490 g/mol. The SMILES string of the molecule is Cc1ccc(C(=O)Nc2ccc([C@H]3OC(=O)N(Cc4ccc(F)cc4)[C@H]3C(=O)NC(C)C)cc2)cc1. The molecule has 0 unspecified atom stereocenters. The number of carbonyl (C=O) groups is 3. The number of nitrogens with zero attached hydrogens (tertiary/aromatic N) is 1. The molecular weight excluding hydrogens is 461 g/mol. The summed E-state index contributed by atoms with van der Waals surface area (Å²) in [4.78, 5) is 39.8. The Hall–Kier alpha value is -4.20. The molecule has 0 spiro atoms. The van der Waals surface area contributed by atoms with E-state index in [0.717, 1.165) is 5.56 Å². The van der Waals surface area contributed by atoms with Crippen LogP contribution in [0.3, 0.4) is 0 Å². The smallest absolute Gasteiger partial charge is 0.411 e. The van der Waals surface area contributed by atoms with Crippen molar-refractivity contribution in [1.82, 2.24) is 10.2 Å². The predicted octanol–water partition coefficient (Wildman–Crippen LogP) is 4.97. The first-order valence-electron chi connectivity index (χ1n) is 11.7. The number of ether oxygens (including phenoxy) is 1. The Morgan fingerprint density at radius 2 is 1.61 bits per heavy atom. The molecule has 1 aliphatic heterocycles. The highest BCUT2D eigenvalue weighted by Gasteiger charge is 2.47. The lowest BCUT2D eigenvalue weighted by atomic mass is 10.00. The predicted molar refractivity (Wildman–Crippen MR) is 134 cm³/mol. The van der Waals surface area contributed by atoms with Crippen LogP contribution in [0.25, 0.3) is 0 Å². The summed E-state index contributed by atoms with van der Waals surface area (Å²) in [5, 5.41) is 5.70. The highest BCUT2D eigenvalue weighted by Crippen LogP contribution is 2.34. The largest absolute Gasteiger partial charge is 0.438 e. The molecule has 7 nitrogen and oxygen atoms in total. The molecule has 3 amide bonds. The zero-order valence-electron chi connectivity index (χ0n) is 20.3. The number of halogens is 1. The Kier molecular flexibility index (Phi) is 7.33. The second kappa shape index (κ2) is 10.6. The van der Waals surface area contributed by atoms with Gasteiger partial charge in [0.05, 0.1) is 6.54 Å². The van der Waals surface area contributed by atoms with E-state index in [0.29, 0.717) is 22.4 Å². The number of carbonyl (C=O) groups excluding carboxylic acids is 3. The van der Waals surface area contributed by atoms with Gasteiger partial charge in [-0.1, -0.05) is 42.0 Å². The molecular formula is C28H28FN3O4. The lowest BCUT2D eigenvalue weighted by molar-refractivity contribution is -0.126.